The van der Waals surface area contributed by atoms with Crippen molar-refractivity contribution in [3.63, 3.8) is 0 Å². The van der Waals surface area contributed by atoms with Gasteiger partial charge in [0.05, 0.1) is 11.6 Å². The number of nitrogens with zero attached hydrogens (tertiary/aromatic N) is 2. The Morgan fingerprint density at radius 1 is 1.43 bits per heavy atom. The van der Waals surface area contributed by atoms with Crippen molar-refractivity contribution < 1.29 is 9.90 Å². The van der Waals surface area contributed by atoms with Crippen LogP contribution in [0, 0.1) is 5.92 Å². The molecule has 1 N–H and O–H groups in total. The van der Waals surface area contributed by atoms with Crippen molar-refractivity contribution in [1.82, 2.24) is 9.88 Å². The van der Waals surface area contributed by atoms with Crippen LogP contribution in [0.5, 0.6) is 0 Å². The van der Waals surface area contributed by atoms with E-state index in [0.29, 0.717) is 13.1 Å². The molecule has 2 aromatic rings. The van der Waals surface area contributed by atoms with Crippen LogP contribution in [0.15, 0.2) is 34.1 Å². The number of carboxylic acid groups (broad SMARTS) is 1. The van der Waals surface area contributed by atoms with E-state index in [4.69, 9.17) is 5.11 Å². The number of carboxylic acids is 1. The summed E-state index contributed by atoms with van der Waals surface area (Å²) < 4.78 is 1.05. The maximum Gasteiger partial charge on any atom is 0.307 e. The van der Waals surface area contributed by atoms with Gasteiger partial charge in [-0.2, -0.15) is 0 Å². The van der Waals surface area contributed by atoms with Crippen molar-refractivity contribution >= 4 is 33.2 Å². The van der Waals surface area contributed by atoms with E-state index >= 15 is 0 Å². The van der Waals surface area contributed by atoms with Crippen LogP contribution >= 0.6 is 27.3 Å². The standard InChI is InChI=1S/C15H17BrN2O2S/c1-10(15(19)20)7-18(2)8-13-9-21-14(17-13)11-3-5-12(16)6-4-11/h3-6,9-10H,7-8H2,1-2H3,(H,19,20). The Morgan fingerprint density at radius 3 is 2.71 bits per heavy atom. The molecule has 0 saturated carbocycles. The molecule has 0 aliphatic carbocycles. The SMILES string of the molecule is CC(CN(C)Cc1csc(-c2ccc(Br)cc2)n1)C(=O)O. The minimum absolute atomic E-state index is 0.375. The molecule has 0 aliphatic heterocycles. The van der Waals surface area contributed by atoms with Gasteiger partial charge in [0.1, 0.15) is 5.01 Å². The predicted octanol–water partition coefficient (Wildman–Crippen LogP) is 3.73. The molecule has 0 amide bonds. The molecular formula is C15H17BrN2O2S. The van der Waals surface area contributed by atoms with Gasteiger partial charge in [-0.15, -0.1) is 11.3 Å². The van der Waals surface area contributed by atoms with E-state index in [1.54, 1.807) is 18.3 Å². The molecule has 0 aliphatic rings. The molecule has 4 nitrogen and oxygen atoms in total. The van der Waals surface area contributed by atoms with Crippen molar-refractivity contribution in [2.75, 3.05) is 13.6 Å². The van der Waals surface area contributed by atoms with Crippen LogP contribution in [0.1, 0.15) is 12.6 Å². The third-order valence-corrected chi connectivity index (χ3v) is 4.55. The number of hydrogen-bond donors (Lipinski definition) is 1. The van der Waals surface area contributed by atoms with Crippen molar-refractivity contribution in [1.29, 1.82) is 0 Å². The zero-order chi connectivity index (χ0) is 15.4. The number of aliphatic carboxylic acids is 1. The number of benzene rings is 1. The molecule has 2 rings (SSSR count). The Bertz CT molecular complexity index is 612. The van der Waals surface area contributed by atoms with Crippen molar-refractivity contribution in [2.24, 2.45) is 5.92 Å². The number of halogens is 1. The first-order valence-corrected chi connectivity index (χ1v) is 8.24. The molecule has 1 unspecified atom stereocenters. The van der Waals surface area contributed by atoms with E-state index in [-0.39, 0.29) is 5.92 Å². The highest BCUT2D eigenvalue weighted by Crippen LogP contribution is 2.25. The first-order chi connectivity index (χ1) is 9.95. The Kier molecular flexibility index (Phi) is 5.50. The lowest BCUT2D eigenvalue weighted by Gasteiger charge is -2.17. The summed E-state index contributed by atoms with van der Waals surface area (Å²) in [4.78, 5) is 17.5. The minimum Gasteiger partial charge on any atom is -0.481 e. The summed E-state index contributed by atoms with van der Waals surface area (Å²) in [5, 5.41) is 11.9. The Labute approximate surface area is 136 Å². The van der Waals surface area contributed by atoms with Crippen molar-refractivity contribution in [2.45, 2.75) is 13.5 Å². The lowest BCUT2D eigenvalue weighted by Crippen LogP contribution is -2.28. The maximum absolute atomic E-state index is 10.9. The molecule has 1 heterocycles. The maximum atomic E-state index is 10.9. The van der Waals surface area contributed by atoms with Crippen molar-refractivity contribution in [3.05, 3.63) is 39.8 Å². The summed E-state index contributed by atoms with van der Waals surface area (Å²) >= 11 is 5.03. The molecule has 6 heteroatoms. The molecule has 0 spiro atoms. The molecule has 1 aromatic carbocycles. The highest BCUT2D eigenvalue weighted by atomic mass is 79.9. The minimum atomic E-state index is -0.768. The molecule has 0 radical (unpaired) electrons. The average Bonchev–Trinajstić information content (AvgIpc) is 2.87. The largest absolute Gasteiger partial charge is 0.481 e. The van der Waals surface area contributed by atoms with Gasteiger partial charge < -0.3 is 5.11 Å². The summed E-state index contributed by atoms with van der Waals surface area (Å²) in [6.45, 7) is 2.89. The molecule has 21 heavy (non-hydrogen) atoms. The number of aromatic nitrogens is 1. The molecule has 1 atom stereocenters. The summed E-state index contributed by atoms with van der Waals surface area (Å²) in [7, 11) is 1.91. The average molecular weight is 369 g/mol. The van der Waals surface area contributed by atoms with Crippen LogP contribution in [0.3, 0.4) is 0 Å². The number of hydrogen-bond acceptors (Lipinski definition) is 4. The Balaban J connectivity index is 2.00. The molecule has 0 saturated heterocycles. The quantitative estimate of drug-likeness (QED) is 0.843. The molecular weight excluding hydrogens is 352 g/mol. The first kappa shape index (κ1) is 16.1. The lowest BCUT2D eigenvalue weighted by atomic mass is 10.2. The fraction of sp³-hybridized carbons (Fsp3) is 0.333. The van der Waals surface area contributed by atoms with Gasteiger partial charge in [0.15, 0.2) is 0 Å². The van der Waals surface area contributed by atoms with Gasteiger partial charge in [0, 0.05) is 28.5 Å². The van der Waals surface area contributed by atoms with Gasteiger partial charge in [-0.3, -0.25) is 9.69 Å². The van der Waals surface area contributed by atoms with E-state index in [1.807, 2.05) is 41.6 Å². The van der Waals surface area contributed by atoms with E-state index in [9.17, 15) is 4.79 Å². The second kappa shape index (κ2) is 7.15. The van der Waals surface area contributed by atoms with Gasteiger partial charge >= 0.3 is 5.97 Å². The van der Waals surface area contributed by atoms with E-state index in [2.05, 4.69) is 20.9 Å². The predicted molar refractivity (Wildman–Crippen MR) is 88.4 cm³/mol. The number of thiazole rings is 1. The van der Waals surface area contributed by atoms with Crippen LogP contribution in [0.25, 0.3) is 10.6 Å². The summed E-state index contributed by atoms with van der Waals surface area (Å²) in [6.07, 6.45) is 0. The molecule has 1 aromatic heterocycles. The van der Waals surface area contributed by atoms with E-state index < -0.39 is 5.97 Å². The highest BCUT2D eigenvalue weighted by molar-refractivity contribution is 9.10. The Hall–Kier alpha value is -1.24. The third-order valence-electron chi connectivity index (χ3n) is 3.08. The number of rotatable bonds is 6. The normalized spacial score (nSPS) is 12.6. The van der Waals surface area contributed by atoms with E-state index in [1.165, 1.54) is 0 Å². The third kappa shape index (κ3) is 4.62. The fourth-order valence-corrected chi connectivity index (χ4v) is 3.07. The topological polar surface area (TPSA) is 53.4 Å². The first-order valence-electron chi connectivity index (χ1n) is 6.57. The number of carbonyl (C=O) groups is 1. The zero-order valence-electron chi connectivity index (χ0n) is 11.9. The summed E-state index contributed by atoms with van der Waals surface area (Å²) in [6, 6.07) is 8.06. The second-order valence-electron chi connectivity index (χ2n) is 5.09. The molecule has 112 valence electrons. The monoisotopic (exact) mass is 368 g/mol. The van der Waals surface area contributed by atoms with E-state index in [0.717, 1.165) is 20.7 Å². The van der Waals surface area contributed by atoms with Crippen molar-refractivity contribution in [3.8, 4) is 10.6 Å². The lowest BCUT2D eigenvalue weighted by molar-refractivity contribution is -0.141. The van der Waals surface area contributed by atoms with Crippen LogP contribution in [0.4, 0.5) is 0 Å². The molecule has 0 bridgehead atoms. The van der Waals surface area contributed by atoms with Crippen LogP contribution < -0.4 is 0 Å². The second-order valence-corrected chi connectivity index (χ2v) is 6.86. The smallest absolute Gasteiger partial charge is 0.307 e. The summed E-state index contributed by atoms with van der Waals surface area (Å²) in [5.41, 5.74) is 2.06. The van der Waals surface area contributed by atoms with Gasteiger partial charge in [-0.05, 0) is 19.2 Å². The molecule has 0 fully saturated rings. The van der Waals surface area contributed by atoms with Crippen LogP contribution in [-0.4, -0.2) is 34.6 Å². The van der Waals surface area contributed by atoms with Gasteiger partial charge in [0.25, 0.3) is 0 Å². The highest BCUT2D eigenvalue weighted by Gasteiger charge is 2.14. The zero-order valence-corrected chi connectivity index (χ0v) is 14.3. The van der Waals surface area contributed by atoms with Gasteiger partial charge in [-0.25, -0.2) is 4.98 Å². The van der Waals surface area contributed by atoms with Gasteiger partial charge in [0.2, 0.25) is 0 Å². The van der Waals surface area contributed by atoms with Crippen LogP contribution in [-0.2, 0) is 11.3 Å². The van der Waals surface area contributed by atoms with Gasteiger partial charge in [-0.1, -0.05) is 35.0 Å². The summed E-state index contributed by atoms with van der Waals surface area (Å²) in [5.74, 6) is -1.14. The fourth-order valence-electron chi connectivity index (χ4n) is 1.99. The van der Waals surface area contributed by atoms with Crippen LogP contribution in [0.2, 0.25) is 0 Å². The Morgan fingerprint density at radius 2 is 2.10 bits per heavy atom.